The molecular formula is C15H20N4O. The number of carbonyl (C=O) groups excluding carboxylic acids is 1. The quantitative estimate of drug-likeness (QED) is 0.815. The van der Waals surface area contributed by atoms with Gasteiger partial charge in [-0.3, -0.25) is 4.79 Å². The van der Waals surface area contributed by atoms with E-state index in [0.29, 0.717) is 17.8 Å². The first-order valence-electron chi connectivity index (χ1n) is 7.12. The van der Waals surface area contributed by atoms with Gasteiger partial charge in [0.05, 0.1) is 5.56 Å². The molecule has 20 heavy (non-hydrogen) atoms. The SMILES string of the molecule is CCN(CCN1CCCC1)C(=O)c1ccc(C#N)nc1. The molecule has 1 saturated heterocycles. The largest absolute Gasteiger partial charge is 0.338 e. The second-order valence-corrected chi connectivity index (χ2v) is 4.98. The third-order valence-corrected chi connectivity index (χ3v) is 3.68. The Hall–Kier alpha value is -1.93. The second kappa shape index (κ2) is 7.01. The number of carbonyl (C=O) groups is 1. The molecule has 5 heteroatoms. The van der Waals surface area contributed by atoms with E-state index in [2.05, 4.69) is 9.88 Å². The zero-order valence-corrected chi connectivity index (χ0v) is 11.9. The molecule has 2 heterocycles. The molecule has 0 radical (unpaired) electrons. The maximum Gasteiger partial charge on any atom is 0.255 e. The molecule has 0 bridgehead atoms. The Morgan fingerprint density at radius 1 is 1.45 bits per heavy atom. The summed E-state index contributed by atoms with van der Waals surface area (Å²) in [6.07, 6.45) is 4.01. The molecule has 0 unspecified atom stereocenters. The Labute approximate surface area is 119 Å². The molecule has 0 aromatic carbocycles. The summed E-state index contributed by atoms with van der Waals surface area (Å²) in [5, 5.41) is 8.71. The van der Waals surface area contributed by atoms with Crippen LogP contribution >= 0.6 is 0 Å². The van der Waals surface area contributed by atoms with Crippen molar-refractivity contribution in [1.29, 1.82) is 5.26 Å². The highest BCUT2D eigenvalue weighted by atomic mass is 16.2. The molecule has 1 aliphatic heterocycles. The summed E-state index contributed by atoms with van der Waals surface area (Å²) in [7, 11) is 0. The lowest BCUT2D eigenvalue weighted by atomic mass is 10.2. The zero-order valence-electron chi connectivity index (χ0n) is 11.9. The van der Waals surface area contributed by atoms with Gasteiger partial charge < -0.3 is 9.80 Å². The van der Waals surface area contributed by atoms with Crippen molar-refractivity contribution in [2.45, 2.75) is 19.8 Å². The van der Waals surface area contributed by atoms with Crippen molar-refractivity contribution >= 4 is 5.91 Å². The summed E-state index contributed by atoms with van der Waals surface area (Å²) in [4.78, 5) is 20.5. The van der Waals surface area contributed by atoms with Crippen LogP contribution in [0.2, 0.25) is 0 Å². The van der Waals surface area contributed by atoms with E-state index in [1.54, 1.807) is 12.1 Å². The lowest BCUT2D eigenvalue weighted by Gasteiger charge is -2.24. The van der Waals surface area contributed by atoms with Gasteiger partial charge >= 0.3 is 0 Å². The van der Waals surface area contributed by atoms with Gasteiger partial charge in [0, 0.05) is 25.8 Å². The van der Waals surface area contributed by atoms with E-state index < -0.39 is 0 Å². The van der Waals surface area contributed by atoms with Crippen LogP contribution in [0.3, 0.4) is 0 Å². The third-order valence-electron chi connectivity index (χ3n) is 3.68. The van der Waals surface area contributed by atoms with Crippen LogP contribution in [0.4, 0.5) is 0 Å². The summed E-state index contributed by atoms with van der Waals surface area (Å²) in [6.45, 7) is 6.64. The molecule has 0 aliphatic carbocycles. The maximum absolute atomic E-state index is 12.4. The number of rotatable bonds is 5. The van der Waals surface area contributed by atoms with E-state index in [0.717, 1.165) is 26.2 Å². The van der Waals surface area contributed by atoms with Crippen LogP contribution in [0.25, 0.3) is 0 Å². The number of nitrogens with zero attached hydrogens (tertiary/aromatic N) is 4. The van der Waals surface area contributed by atoms with Gasteiger partial charge in [-0.25, -0.2) is 4.98 Å². The first kappa shape index (κ1) is 14.5. The van der Waals surface area contributed by atoms with E-state index in [-0.39, 0.29) is 5.91 Å². The number of likely N-dealkylation sites (N-methyl/N-ethyl adjacent to an activating group) is 1. The minimum atomic E-state index is -0.0105. The zero-order chi connectivity index (χ0) is 14.4. The predicted octanol–water partition coefficient (Wildman–Crippen LogP) is 1.51. The van der Waals surface area contributed by atoms with Crippen LogP contribution in [-0.2, 0) is 0 Å². The molecule has 0 saturated carbocycles. The van der Waals surface area contributed by atoms with Crippen molar-refractivity contribution in [3.05, 3.63) is 29.6 Å². The molecule has 106 valence electrons. The molecule has 0 atom stereocenters. The van der Waals surface area contributed by atoms with Crippen molar-refractivity contribution in [2.24, 2.45) is 0 Å². The van der Waals surface area contributed by atoms with Gasteiger partial charge in [0.25, 0.3) is 5.91 Å². The van der Waals surface area contributed by atoms with Crippen LogP contribution in [-0.4, -0.2) is 53.4 Å². The number of pyridine rings is 1. The summed E-state index contributed by atoms with van der Waals surface area (Å²) in [5.41, 5.74) is 0.883. The first-order chi connectivity index (χ1) is 9.74. The maximum atomic E-state index is 12.4. The first-order valence-corrected chi connectivity index (χ1v) is 7.12. The molecule has 0 N–H and O–H groups in total. The van der Waals surface area contributed by atoms with Crippen molar-refractivity contribution in [3.63, 3.8) is 0 Å². The topological polar surface area (TPSA) is 60.2 Å². The van der Waals surface area contributed by atoms with Gasteiger partial charge in [-0.05, 0) is 45.0 Å². The van der Waals surface area contributed by atoms with Gasteiger partial charge in [-0.15, -0.1) is 0 Å². The van der Waals surface area contributed by atoms with Crippen LogP contribution in [0.5, 0.6) is 0 Å². The van der Waals surface area contributed by atoms with E-state index >= 15 is 0 Å². The fourth-order valence-corrected chi connectivity index (χ4v) is 2.44. The van der Waals surface area contributed by atoms with E-state index in [1.165, 1.54) is 19.0 Å². The van der Waals surface area contributed by atoms with Gasteiger partial charge in [-0.2, -0.15) is 5.26 Å². The number of nitriles is 1. The Kier molecular flexibility index (Phi) is 5.08. The Bertz CT molecular complexity index is 486. The smallest absolute Gasteiger partial charge is 0.255 e. The van der Waals surface area contributed by atoms with Crippen LogP contribution in [0.15, 0.2) is 18.3 Å². The molecule has 1 amide bonds. The van der Waals surface area contributed by atoms with E-state index in [4.69, 9.17) is 5.26 Å². The summed E-state index contributed by atoms with van der Waals surface area (Å²) in [5.74, 6) is -0.0105. The molecule has 1 aliphatic rings. The van der Waals surface area contributed by atoms with Crippen molar-refractivity contribution in [3.8, 4) is 6.07 Å². The Balaban J connectivity index is 1.94. The summed E-state index contributed by atoms with van der Waals surface area (Å²) >= 11 is 0. The Morgan fingerprint density at radius 2 is 2.20 bits per heavy atom. The van der Waals surface area contributed by atoms with Crippen molar-refractivity contribution in [2.75, 3.05) is 32.7 Å². The number of hydrogen-bond donors (Lipinski definition) is 0. The molecule has 2 rings (SSSR count). The van der Waals surface area contributed by atoms with E-state index in [9.17, 15) is 4.79 Å². The standard InChI is InChI=1S/C15H20N4O/c1-2-19(10-9-18-7-3-4-8-18)15(20)13-5-6-14(11-16)17-12-13/h5-6,12H,2-4,7-10H2,1H3. The highest BCUT2D eigenvalue weighted by Crippen LogP contribution is 2.09. The number of amides is 1. The number of likely N-dealkylation sites (tertiary alicyclic amines) is 1. The van der Waals surface area contributed by atoms with Crippen LogP contribution < -0.4 is 0 Å². The molecule has 1 aromatic heterocycles. The van der Waals surface area contributed by atoms with Crippen LogP contribution in [0.1, 0.15) is 35.8 Å². The Morgan fingerprint density at radius 3 is 2.75 bits per heavy atom. The fraction of sp³-hybridized carbons (Fsp3) is 0.533. The number of aromatic nitrogens is 1. The van der Waals surface area contributed by atoms with Gasteiger partial charge in [0.1, 0.15) is 11.8 Å². The predicted molar refractivity (Wildman–Crippen MR) is 76.2 cm³/mol. The third kappa shape index (κ3) is 3.55. The van der Waals surface area contributed by atoms with E-state index in [1.807, 2.05) is 17.9 Å². The molecule has 0 spiro atoms. The molecule has 5 nitrogen and oxygen atoms in total. The van der Waals surface area contributed by atoms with Crippen molar-refractivity contribution < 1.29 is 4.79 Å². The van der Waals surface area contributed by atoms with Gasteiger partial charge in [0.2, 0.25) is 0 Å². The van der Waals surface area contributed by atoms with Gasteiger partial charge in [-0.1, -0.05) is 0 Å². The average Bonchev–Trinajstić information content (AvgIpc) is 3.01. The monoisotopic (exact) mass is 272 g/mol. The minimum Gasteiger partial charge on any atom is -0.338 e. The molecule has 1 aromatic rings. The van der Waals surface area contributed by atoms with Crippen LogP contribution in [0, 0.1) is 11.3 Å². The second-order valence-electron chi connectivity index (χ2n) is 4.98. The highest BCUT2D eigenvalue weighted by molar-refractivity contribution is 5.93. The molecule has 1 fully saturated rings. The fourth-order valence-electron chi connectivity index (χ4n) is 2.44. The average molecular weight is 272 g/mol. The normalized spacial score (nSPS) is 15.0. The number of hydrogen-bond acceptors (Lipinski definition) is 4. The molecular weight excluding hydrogens is 252 g/mol. The highest BCUT2D eigenvalue weighted by Gasteiger charge is 2.17. The summed E-state index contributed by atoms with van der Waals surface area (Å²) in [6, 6.07) is 5.21. The van der Waals surface area contributed by atoms with Gasteiger partial charge in [0.15, 0.2) is 0 Å². The summed E-state index contributed by atoms with van der Waals surface area (Å²) < 4.78 is 0. The minimum absolute atomic E-state index is 0.0105. The van der Waals surface area contributed by atoms with Crippen molar-refractivity contribution in [1.82, 2.24) is 14.8 Å². The lowest BCUT2D eigenvalue weighted by molar-refractivity contribution is 0.0749. The lowest BCUT2D eigenvalue weighted by Crippen LogP contribution is -2.37.